The Morgan fingerprint density at radius 2 is 1.96 bits per heavy atom. The first-order chi connectivity index (χ1) is 12.2. The number of aromatic nitrogens is 3. The number of anilines is 2. The summed E-state index contributed by atoms with van der Waals surface area (Å²) < 4.78 is 0. The molecule has 0 saturated carbocycles. The van der Waals surface area contributed by atoms with Gasteiger partial charge in [0.2, 0.25) is 5.95 Å². The number of nitrogens with one attached hydrogen (secondary N) is 2. The predicted octanol–water partition coefficient (Wildman–Crippen LogP) is 2.61. The monoisotopic (exact) mass is 330 g/mol. The molecule has 0 aliphatic carbocycles. The number of pyridine rings is 1. The SMILES string of the molecule is N#Cc1ccc(NC(=O)c2ccnc(NCc3cccnc3)n2)cc1. The number of hydrogen-bond donors (Lipinski definition) is 2. The zero-order valence-corrected chi connectivity index (χ0v) is 13.2. The van der Waals surface area contributed by atoms with Gasteiger partial charge in [0.05, 0.1) is 11.6 Å². The van der Waals surface area contributed by atoms with Crippen LogP contribution in [-0.2, 0) is 6.54 Å². The number of benzene rings is 1. The van der Waals surface area contributed by atoms with Crippen LogP contribution < -0.4 is 10.6 Å². The second-order valence-corrected chi connectivity index (χ2v) is 5.12. The number of rotatable bonds is 5. The molecule has 3 aromatic rings. The number of nitrogens with zero attached hydrogens (tertiary/aromatic N) is 4. The van der Waals surface area contributed by atoms with Crippen LogP contribution in [0.2, 0.25) is 0 Å². The third-order valence-electron chi connectivity index (χ3n) is 3.33. The molecule has 0 spiro atoms. The van der Waals surface area contributed by atoms with E-state index in [2.05, 4.69) is 25.6 Å². The summed E-state index contributed by atoms with van der Waals surface area (Å²) >= 11 is 0. The molecule has 1 aromatic carbocycles. The first-order valence-electron chi connectivity index (χ1n) is 7.52. The molecule has 0 bridgehead atoms. The van der Waals surface area contributed by atoms with Crippen LogP contribution in [0.15, 0.2) is 61.1 Å². The molecule has 0 unspecified atom stereocenters. The van der Waals surface area contributed by atoms with E-state index < -0.39 is 0 Å². The van der Waals surface area contributed by atoms with Gasteiger partial charge in [-0.3, -0.25) is 9.78 Å². The van der Waals surface area contributed by atoms with Crippen LogP contribution in [0.25, 0.3) is 0 Å². The Kier molecular flexibility index (Phi) is 4.93. The van der Waals surface area contributed by atoms with Gasteiger partial charge in [0, 0.05) is 30.8 Å². The van der Waals surface area contributed by atoms with E-state index in [4.69, 9.17) is 5.26 Å². The summed E-state index contributed by atoms with van der Waals surface area (Å²) in [5.74, 6) is 0.00728. The molecule has 25 heavy (non-hydrogen) atoms. The summed E-state index contributed by atoms with van der Waals surface area (Å²) in [5, 5.41) is 14.6. The topological polar surface area (TPSA) is 104 Å². The van der Waals surface area contributed by atoms with Crippen molar-refractivity contribution in [1.82, 2.24) is 15.0 Å². The first-order valence-corrected chi connectivity index (χ1v) is 7.52. The van der Waals surface area contributed by atoms with Crippen LogP contribution in [0, 0.1) is 11.3 Å². The van der Waals surface area contributed by atoms with Crippen molar-refractivity contribution in [3.8, 4) is 6.07 Å². The van der Waals surface area contributed by atoms with Gasteiger partial charge in [-0.25, -0.2) is 9.97 Å². The Hall–Kier alpha value is -3.79. The molecule has 2 aromatic heterocycles. The lowest BCUT2D eigenvalue weighted by Crippen LogP contribution is -2.15. The smallest absolute Gasteiger partial charge is 0.274 e. The molecule has 0 aliphatic rings. The lowest BCUT2D eigenvalue weighted by molar-refractivity contribution is 0.102. The van der Waals surface area contributed by atoms with E-state index in [9.17, 15) is 4.79 Å². The van der Waals surface area contributed by atoms with Gasteiger partial charge >= 0.3 is 0 Å². The fraction of sp³-hybridized carbons (Fsp3) is 0.0556. The lowest BCUT2D eigenvalue weighted by Gasteiger charge is -2.07. The summed E-state index contributed by atoms with van der Waals surface area (Å²) in [6.45, 7) is 0.508. The molecule has 0 radical (unpaired) electrons. The number of hydrogen-bond acceptors (Lipinski definition) is 6. The largest absolute Gasteiger partial charge is 0.350 e. The summed E-state index contributed by atoms with van der Waals surface area (Å²) in [5.41, 5.74) is 2.35. The van der Waals surface area contributed by atoms with E-state index in [1.165, 1.54) is 12.3 Å². The van der Waals surface area contributed by atoms with Gasteiger partial charge in [0.25, 0.3) is 5.91 Å². The van der Waals surface area contributed by atoms with Crippen molar-refractivity contribution in [2.24, 2.45) is 0 Å². The molecular weight excluding hydrogens is 316 g/mol. The molecule has 2 N–H and O–H groups in total. The second-order valence-electron chi connectivity index (χ2n) is 5.12. The normalized spacial score (nSPS) is 9.88. The number of nitriles is 1. The van der Waals surface area contributed by atoms with E-state index in [-0.39, 0.29) is 11.6 Å². The maximum absolute atomic E-state index is 12.3. The highest BCUT2D eigenvalue weighted by Crippen LogP contribution is 2.11. The van der Waals surface area contributed by atoms with Gasteiger partial charge in [-0.2, -0.15) is 5.26 Å². The van der Waals surface area contributed by atoms with Gasteiger partial charge < -0.3 is 10.6 Å². The van der Waals surface area contributed by atoms with Crippen LogP contribution in [-0.4, -0.2) is 20.9 Å². The van der Waals surface area contributed by atoms with E-state index >= 15 is 0 Å². The zero-order valence-electron chi connectivity index (χ0n) is 13.2. The van der Waals surface area contributed by atoms with Crippen molar-refractivity contribution in [2.75, 3.05) is 10.6 Å². The van der Waals surface area contributed by atoms with Crippen molar-refractivity contribution in [2.45, 2.75) is 6.54 Å². The molecule has 3 rings (SSSR count). The van der Waals surface area contributed by atoms with Gasteiger partial charge in [-0.15, -0.1) is 0 Å². The molecule has 0 atom stereocenters. The number of carbonyl (C=O) groups is 1. The van der Waals surface area contributed by atoms with Crippen LogP contribution in [0.4, 0.5) is 11.6 Å². The predicted molar refractivity (Wildman–Crippen MR) is 92.7 cm³/mol. The van der Waals surface area contributed by atoms with Gasteiger partial charge in [0.15, 0.2) is 0 Å². The minimum absolute atomic E-state index is 0.244. The molecule has 0 fully saturated rings. The van der Waals surface area contributed by atoms with Crippen LogP contribution in [0.1, 0.15) is 21.6 Å². The summed E-state index contributed by atoms with van der Waals surface area (Å²) in [6.07, 6.45) is 4.97. The van der Waals surface area contributed by atoms with E-state index in [0.29, 0.717) is 23.7 Å². The molecule has 2 heterocycles. The van der Waals surface area contributed by atoms with Gasteiger partial charge in [-0.1, -0.05) is 6.07 Å². The molecule has 1 amide bonds. The highest BCUT2D eigenvalue weighted by atomic mass is 16.1. The maximum Gasteiger partial charge on any atom is 0.274 e. The van der Waals surface area contributed by atoms with Crippen molar-refractivity contribution < 1.29 is 4.79 Å². The van der Waals surface area contributed by atoms with Crippen LogP contribution in [0.5, 0.6) is 0 Å². The Balaban J connectivity index is 1.65. The standard InChI is InChI=1S/C18H14N6O/c19-10-13-3-5-15(6-4-13)23-17(25)16-7-9-21-18(24-16)22-12-14-2-1-8-20-11-14/h1-9,11H,12H2,(H,23,25)(H,21,22,24). The van der Waals surface area contributed by atoms with E-state index in [0.717, 1.165) is 5.56 Å². The molecule has 0 aliphatic heterocycles. The average molecular weight is 330 g/mol. The summed E-state index contributed by atoms with van der Waals surface area (Å²) in [6, 6.07) is 13.9. The maximum atomic E-state index is 12.3. The third-order valence-corrected chi connectivity index (χ3v) is 3.33. The van der Waals surface area contributed by atoms with Gasteiger partial charge in [-0.05, 0) is 42.0 Å². The Morgan fingerprint density at radius 1 is 1.12 bits per heavy atom. The average Bonchev–Trinajstić information content (AvgIpc) is 2.68. The third kappa shape index (κ3) is 4.36. The Labute approximate surface area is 144 Å². The zero-order chi connectivity index (χ0) is 17.5. The van der Waals surface area contributed by atoms with Crippen LogP contribution >= 0.6 is 0 Å². The first kappa shape index (κ1) is 16.1. The highest BCUT2D eigenvalue weighted by molar-refractivity contribution is 6.02. The minimum atomic E-state index is -0.350. The van der Waals surface area contributed by atoms with E-state index in [1.807, 2.05) is 18.2 Å². The minimum Gasteiger partial charge on any atom is -0.350 e. The van der Waals surface area contributed by atoms with Crippen LogP contribution in [0.3, 0.4) is 0 Å². The molecular formula is C18H14N6O. The Bertz CT molecular complexity index is 903. The lowest BCUT2D eigenvalue weighted by atomic mass is 10.2. The molecule has 7 nitrogen and oxygen atoms in total. The highest BCUT2D eigenvalue weighted by Gasteiger charge is 2.09. The van der Waals surface area contributed by atoms with Gasteiger partial charge in [0.1, 0.15) is 5.69 Å². The Morgan fingerprint density at radius 3 is 2.68 bits per heavy atom. The number of carbonyl (C=O) groups excluding carboxylic acids is 1. The van der Waals surface area contributed by atoms with Crippen molar-refractivity contribution in [1.29, 1.82) is 5.26 Å². The van der Waals surface area contributed by atoms with Crippen molar-refractivity contribution in [3.05, 3.63) is 77.9 Å². The fourth-order valence-corrected chi connectivity index (χ4v) is 2.08. The van der Waals surface area contributed by atoms with Crippen molar-refractivity contribution >= 4 is 17.5 Å². The van der Waals surface area contributed by atoms with E-state index in [1.54, 1.807) is 36.7 Å². The number of amides is 1. The quantitative estimate of drug-likeness (QED) is 0.745. The molecule has 7 heteroatoms. The molecule has 0 saturated heterocycles. The summed E-state index contributed by atoms with van der Waals surface area (Å²) in [4.78, 5) is 24.6. The summed E-state index contributed by atoms with van der Waals surface area (Å²) in [7, 11) is 0. The molecule has 122 valence electrons. The van der Waals surface area contributed by atoms with Crippen molar-refractivity contribution in [3.63, 3.8) is 0 Å². The second kappa shape index (κ2) is 7.66. The fourth-order valence-electron chi connectivity index (χ4n) is 2.08.